The second-order valence-electron chi connectivity index (χ2n) is 2.94. The standard InChI is InChI=1S/C6H20N5OPS/c1-2-3-4-10-13(8,14)11-5-9-6(7)12/h10-11,13-14H,2-5,8H2,1H3,(H3,7,9,12). The molecular formula is C6H20N5OPS. The molecule has 0 spiro atoms. The van der Waals surface area contributed by atoms with Gasteiger partial charge in [-0.1, -0.05) is 0 Å². The van der Waals surface area contributed by atoms with Gasteiger partial charge in [0.05, 0.1) is 0 Å². The molecule has 0 saturated carbocycles. The SMILES string of the molecule is CCCCN[PH](N)(S)NCNC(N)=O. The van der Waals surface area contributed by atoms with Crippen LogP contribution in [0.5, 0.6) is 0 Å². The van der Waals surface area contributed by atoms with Crippen LogP contribution in [0.3, 0.4) is 0 Å². The Balaban J connectivity index is 3.55. The van der Waals surface area contributed by atoms with Gasteiger partial charge in [0.2, 0.25) is 0 Å². The van der Waals surface area contributed by atoms with Crippen LogP contribution >= 0.6 is 19.2 Å². The number of primary amides is 1. The van der Waals surface area contributed by atoms with E-state index >= 15 is 0 Å². The number of hydrogen-bond acceptors (Lipinski definition) is 5. The summed E-state index contributed by atoms with van der Waals surface area (Å²) in [4.78, 5) is 10.3. The second-order valence-corrected chi connectivity index (χ2v) is 7.30. The molecule has 8 heteroatoms. The molecule has 14 heavy (non-hydrogen) atoms. The Morgan fingerprint density at radius 1 is 1.50 bits per heavy atom. The fraction of sp³-hybridized carbons (Fsp3) is 0.833. The van der Waals surface area contributed by atoms with Crippen LogP contribution in [0.15, 0.2) is 0 Å². The first-order valence-electron chi connectivity index (χ1n) is 4.52. The Bertz CT molecular complexity index is 180. The van der Waals surface area contributed by atoms with Gasteiger partial charge in [-0.2, -0.15) is 0 Å². The molecule has 0 radical (unpaired) electrons. The van der Waals surface area contributed by atoms with Crippen molar-refractivity contribution in [3.63, 3.8) is 0 Å². The number of carbonyl (C=O) groups excluding carboxylic acids is 1. The topological polar surface area (TPSA) is 105 Å². The van der Waals surface area contributed by atoms with Gasteiger partial charge in [-0.05, 0) is 0 Å². The number of urea groups is 1. The van der Waals surface area contributed by atoms with E-state index in [0.717, 1.165) is 19.4 Å². The van der Waals surface area contributed by atoms with Crippen LogP contribution in [0, 0.1) is 0 Å². The minimum absolute atomic E-state index is 0.237. The fourth-order valence-corrected chi connectivity index (χ4v) is 2.40. The van der Waals surface area contributed by atoms with E-state index in [-0.39, 0.29) is 6.67 Å². The van der Waals surface area contributed by atoms with E-state index < -0.39 is 12.9 Å². The fourth-order valence-electron chi connectivity index (χ4n) is 0.784. The van der Waals surface area contributed by atoms with Crippen LogP contribution in [0.25, 0.3) is 0 Å². The number of thiol groups is 1. The predicted molar refractivity (Wildman–Crippen MR) is 65.1 cm³/mol. The number of nitrogens with one attached hydrogen (secondary N) is 3. The number of nitrogens with two attached hydrogens (primary N) is 2. The summed E-state index contributed by atoms with van der Waals surface area (Å²) in [5.74, 6) is 0. The van der Waals surface area contributed by atoms with Crippen LogP contribution in [-0.2, 0) is 0 Å². The van der Waals surface area contributed by atoms with Gasteiger partial charge in [0.15, 0.2) is 0 Å². The molecule has 0 aliphatic heterocycles. The van der Waals surface area contributed by atoms with Gasteiger partial charge in [0.1, 0.15) is 0 Å². The summed E-state index contributed by atoms with van der Waals surface area (Å²) in [7, 11) is 0. The Hall–Kier alpha value is -0.0700. The minimum atomic E-state index is -2.38. The van der Waals surface area contributed by atoms with E-state index in [1.807, 2.05) is 0 Å². The molecular weight excluding hydrogens is 221 g/mol. The van der Waals surface area contributed by atoms with Crippen molar-refractivity contribution in [1.82, 2.24) is 15.5 Å². The van der Waals surface area contributed by atoms with Crippen molar-refractivity contribution in [2.24, 2.45) is 11.2 Å². The molecule has 0 heterocycles. The van der Waals surface area contributed by atoms with Crippen molar-refractivity contribution in [2.45, 2.75) is 19.8 Å². The molecule has 0 saturated heterocycles. The van der Waals surface area contributed by atoms with Gasteiger partial charge in [-0.15, -0.1) is 0 Å². The third-order valence-electron chi connectivity index (χ3n) is 1.55. The molecule has 7 N–H and O–H groups in total. The monoisotopic (exact) mass is 241 g/mol. The summed E-state index contributed by atoms with van der Waals surface area (Å²) in [6.07, 6.45) is 2.15. The van der Waals surface area contributed by atoms with Crippen molar-refractivity contribution < 1.29 is 4.79 Å². The maximum atomic E-state index is 10.3. The Kier molecular flexibility index (Phi) is 7.22. The maximum absolute atomic E-state index is 10.3. The van der Waals surface area contributed by atoms with Crippen LogP contribution < -0.4 is 26.7 Å². The van der Waals surface area contributed by atoms with Crippen LogP contribution in [0.1, 0.15) is 19.8 Å². The van der Waals surface area contributed by atoms with Gasteiger partial charge in [-0.25, -0.2) is 0 Å². The van der Waals surface area contributed by atoms with E-state index in [0.29, 0.717) is 0 Å². The molecule has 0 fully saturated rings. The summed E-state index contributed by atoms with van der Waals surface area (Å²) in [6.45, 7) is 0.778. The van der Waals surface area contributed by atoms with Crippen molar-refractivity contribution in [3.8, 4) is 0 Å². The molecule has 0 atom stereocenters. The molecule has 0 unspecified atom stereocenters. The summed E-state index contributed by atoms with van der Waals surface area (Å²) in [6, 6.07) is -0.579. The number of rotatable bonds is 7. The normalized spacial score (nSPS) is 12.5. The van der Waals surface area contributed by atoms with Crippen LogP contribution in [0.4, 0.5) is 4.79 Å². The molecule has 0 aromatic rings. The Labute approximate surface area is 90.2 Å². The Morgan fingerprint density at radius 2 is 2.14 bits per heavy atom. The average molecular weight is 241 g/mol. The number of unbranched alkanes of at least 4 members (excludes halogenated alkanes) is 1. The van der Waals surface area contributed by atoms with E-state index in [1.165, 1.54) is 0 Å². The first kappa shape index (κ1) is 13.9. The summed E-state index contributed by atoms with van der Waals surface area (Å²) < 4.78 is 0. The molecule has 0 bridgehead atoms. The molecule has 0 aliphatic rings. The van der Waals surface area contributed by atoms with E-state index in [1.54, 1.807) is 0 Å². The van der Waals surface area contributed by atoms with Gasteiger partial charge < -0.3 is 0 Å². The summed E-state index contributed by atoms with van der Waals surface area (Å²) >= 11 is 4.26. The van der Waals surface area contributed by atoms with Crippen molar-refractivity contribution >= 4 is 25.2 Å². The summed E-state index contributed by atoms with van der Waals surface area (Å²) in [5.41, 5.74) is 10.7. The van der Waals surface area contributed by atoms with Crippen molar-refractivity contribution in [2.75, 3.05) is 13.2 Å². The number of hydrogen-bond donors (Lipinski definition) is 6. The molecule has 0 aromatic carbocycles. The third-order valence-corrected chi connectivity index (χ3v) is 4.00. The number of amides is 2. The van der Waals surface area contributed by atoms with Gasteiger partial charge >= 0.3 is 89.7 Å². The van der Waals surface area contributed by atoms with Gasteiger partial charge in [0, 0.05) is 0 Å². The van der Waals surface area contributed by atoms with E-state index in [2.05, 4.69) is 34.7 Å². The zero-order valence-electron chi connectivity index (χ0n) is 8.34. The Morgan fingerprint density at radius 3 is 2.64 bits per heavy atom. The first-order valence-corrected chi connectivity index (χ1v) is 7.89. The summed E-state index contributed by atoms with van der Waals surface area (Å²) in [5, 5.41) is 8.40. The quantitative estimate of drug-likeness (QED) is 0.162. The number of carbonyl (C=O) groups is 1. The molecule has 86 valence electrons. The van der Waals surface area contributed by atoms with Crippen LogP contribution in [0.2, 0.25) is 0 Å². The zero-order valence-corrected chi connectivity index (χ0v) is 10.2. The third kappa shape index (κ3) is 8.52. The predicted octanol–water partition coefficient (Wildman–Crippen LogP) is -0.110. The molecule has 2 amide bonds. The van der Waals surface area contributed by atoms with E-state index in [4.69, 9.17) is 11.2 Å². The molecule has 0 aromatic heterocycles. The average Bonchev–Trinajstić information content (AvgIpc) is 2.03. The van der Waals surface area contributed by atoms with Crippen molar-refractivity contribution in [1.29, 1.82) is 0 Å². The van der Waals surface area contributed by atoms with Gasteiger partial charge in [-0.3, -0.25) is 0 Å². The molecule has 6 nitrogen and oxygen atoms in total. The van der Waals surface area contributed by atoms with E-state index in [9.17, 15) is 4.79 Å². The zero-order chi connectivity index (χ0) is 11.0. The van der Waals surface area contributed by atoms with Crippen molar-refractivity contribution in [3.05, 3.63) is 0 Å². The molecule has 0 aliphatic carbocycles. The second kappa shape index (κ2) is 7.25. The molecule has 0 rings (SSSR count). The van der Waals surface area contributed by atoms with Crippen LogP contribution in [-0.4, -0.2) is 19.2 Å². The first-order chi connectivity index (χ1) is 6.48. The van der Waals surface area contributed by atoms with Gasteiger partial charge in [0.25, 0.3) is 0 Å².